The van der Waals surface area contributed by atoms with Crippen molar-refractivity contribution in [1.29, 1.82) is 0 Å². The lowest BCUT2D eigenvalue weighted by Crippen LogP contribution is -2.44. The minimum atomic E-state index is -0.246. The lowest BCUT2D eigenvalue weighted by atomic mass is 10.0. The minimum Gasteiger partial charge on any atom is -0.445 e. The van der Waals surface area contributed by atoms with Crippen LogP contribution in [-0.2, 0) is 11.3 Å². The number of amides is 1. The molecular weight excluding hydrogens is 250 g/mol. The Morgan fingerprint density at radius 2 is 2.11 bits per heavy atom. The van der Waals surface area contributed by atoms with Crippen molar-refractivity contribution in [3.63, 3.8) is 0 Å². The molecule has 3 nitrogen and oxygen atoms in total. The average Bonchev–Trinajstić information content (AvgIpc) is 2.45. The zero-order chi connectivity index (χ0) is 12.8. The van der Waals surface area contributed by atoms with Crippen LogP contribution in [0.4, 0.5) is 4.79 Å². The predicted molar refractivity (Wildman–Crippen MR) is 71.7 cm³/mol. The Morgan fingerprint density at radius 3 is 2.83 bits per heavy atom. The highest BCUT2D eigenvalue weighted by molar-refractivity contribution is 6.18. The number of likely N-dealkylation sites (tertiary alicyclic amines) is 1. The van der Waals surface area contributed by atoms with Gasteiger partial charge in [0, 0.05) is 18.5 Å². The van der Waals surface area contributed by atoms with Crippen LogP contribution in [0.3, 0.4) is 0 Å². The number of hydrogen-bond donors (Lipinski definition) is 0. The van der Waals surface area contributed by atoms with Crippen LogP contribution < -0.4 is 0 Å². The quantitative estimate of drug-likeness (QED) is 0.786. The van der Waals surface area contributed by atoms with Gasteiger partial charge in [-0.05, 0) is 24.8 Å². The second kappa shape index (κ2) is 6.64. The molecule has 0 radical (unpaired) electrons. The SMILES string of the molecule is O=C(OCc1ccccc1)N1CCCCC1CCl. The molecule has 0 aromatic heterocycles. The number of nitrogens with zero attached hydrogens (tertiary/aromatic N) is 1. The van der Waals surface area contributed by atoms with Crippen LogP contribution in [-0.4, -0.2) is 29.5 Å². The van der Waals surface area contributed by atoms with Gasteiger partial charge in [-0.15, -0.1) is 11.6 Å². The standard InChI is InChI=1S/C14H18ClNO2/c15-10-13-8-4-5-9-16(13)14(17)18-11-12-6-2-1-3-7-12/h1-3,6-7,13H,4-5,8-11H2. The van der Waals surface area contributed by atoms with Gasteiger partial charge in [-0.3, -0.25) is 0 Å². The number of benzene rings is 1. The Hall–Kier alpha value is -1.22. The summed E-state index contributed by atoms with van der Waals surface area (Å²) in [6, 6.07) is 9.84. The molecule has 1 saturated heterocycles. The van der Waals surface area contributed by atoms with E-state index in [1.54, 1.807) is 4.90 Å². The van der Waals surface area contributed by atoms with E-state index in [1.807, 2.05) is 30.3 Å². The summed E-state index contributed by atoms with van der Waals surface area (Å²) in [4.78, 5) is 13.7. The number of halogens is 1. The molecular formula is C14H18ClNO2. The number of carbonyl (C=O) groups excluding carboxylic acids is 1. The summed E-state index contributed by atoms with van der Waals surface area (Å²) in [6.45, 7) is 1.08. The van der Waals surface area contributed by atoms with Crippen LogP contribution in [0.15, 0.2) is 30.3 Å². The first-order valence-corrected chi connectivity index (χ1v) is 6.88. The van der Waals surface area contributed by atoms with E-state index >= 15 is 0 Å². The highest BCUT2D eigenvalue weighted by Gasteiger charge is 2.26. The lowest BCUT2D eigenvalue weighted by molar-refractivity contribution is 0.0728. The predicted octanol–water partition coefficient (Wildman–Crippen LogP) is 3.42. The van der Waals surface area contributed by atoms with E-state index in [-0.39, 0.29) is 12.1 Å². The van der Waals surface area contributed by atoms with Gasteiger partial charge < -0.3 is 9.64 Å². The molecule has 0 spiro atoms. The van der Waals surface area contributed by atoms with Crippen LogP contribution >= 0.6 is 11.6 Å². The number of alkyl halides is 1. The molecule has 0 N–H and O–H groups in total. The van der Waals surface area contributed by atoms with Gasteiger partial charge in [0.1, 0.15) is 6.61 Å². The molecule has 1 aliphatic rings. The van der Waals surface area contributed by atoms with Gasteiger partial charge >= 0.3 is 6.09 Å². The van der Waals surface area contributed by atoms with E-state index in [9.17, 15) is 4.79 Å². The van der Waals surface area contributed by atoms with E-state index < -0.39 is 0 Å². The summed E-state index contributed by atoms with van der Waals surface area (Å²) in [5.41, 5.74) is 1.00. The monoisotopic (exact) mass is 267 g/mol. The fourth-order valence-corrected chi connectivity index (χ4v) is 2.52. The van der Waals surface area contributed by atoms with Crippen LogP contribution in [0.2, 0.25) is 0 Å². The molecule has 0 saturated carbocycles. The maximum atomic E-state index is 12.0. The van der Waals surface area contributed by atoms with Crippen molar-refractivity contribution < 1.29 is 9.53 Å². The summed E-state index contributed by atoms with van der Waals surface area (Å²) in [7, 11) is 0. The van der Waals surface area contributed by atoms with Gasteiger partial charge in [-0.1, -0.05) is 30.3 Å². The number of carbonyl (C=O) groups is 1. The highest BCUT2D eigenvalue weighted by Crippen LogP contribution is 2.19. The summed E-state index contributed by atoms with van der Waals surface area (Å²) in [5.74, 6) is 0.487. The summed E-state index contributed by atoms with van der Waals surface area (Å²) < 4.78 is 5.33. The zero-order valence-corrected chi connectivity index (χ0v) is 11.1. The van der Waals surface area contributed by atoms with Gasteiger partial charge in [-0.2, -0.15) is 0 Å². The third-order valence-electron chi connectivity index (χ3n) is 3.24. The Kier molecular flexibility index (Phi) is 4.88. The van der Waals surface area contributed by atoms with E-state index in [2.05, 4.69) is 0 Å². The van der Waals surface area contributed by atoms with E-state index in [4.69, 9.17) is 16.3 Å². The summed E-state index contributed by atoms with van der Waals surface area (Å²) in [5, 5.41) is 0. The molecule has 98 valence electrons. The first kappa shape index (κ1) is 13.2. The van der Waals surface area contributed by atoms with E-state index in [0.29, 0.717) is 12.5 Å². The third-order valence-corrected chi connectivity index (χ3v) is 3.60. The first-order valence-electron chi connectivity index (χ1n) is 6.34. The van der Waals surface area contributed by atoms with Crippen LogP contribution in [0, 0.1) is 0 Å². The number of hydrogen-bond acceptors (Lipinski definition) is 2. The van der Waals surface area contributed by atoms with Gasteiger partial charge in [0.15, 0.2) is 0 Å². The van der Waals surface area contributed by atoms with Crippen molar-refractivity contribution in [2.75, 3.05) is 12.4 Å². The van der Waals surface area contributed by atoms with Crippen molar-refractivity contribution in [3.8, 4) is 0 Å². The van der Waals surface area contributed by atoms with Crippen molar-refractivity contribution in [2.24, 2.45) is 0 Å². The van der Waals surface area contributed by atoms with Gasteiger partial charge in [0.25, 0.3) is 0 Å². The normalized spacial score (nSPS) is 19.6. The molecule has 0 aliphatic carbocycles. The summed E-state index contributed by atoms with van der Waals surface area (Å²) in [6.07, 6.45) is 2.90. The van der Waals surface area contributed by atoms with E-state index in [1.165, 1.54) is 0 Å². The van der Waals surface area contributed by atoms with Crippen molar-refractivity contribution >= 4 is 17.7 Å². The topological polar surface area (TPSA) is 29.5 Å². The largest absolute Gasteiger partial charge is 0.445 e. The molecule has 1 amide bonds. The molecule has 4 heteroatoms. The summed E-state index contributed by atoms with van der Waals surface area (Å²) >= 11 is 5.89. The smallest absolute Gasteiger partial charge is 0.410 e. The fraction of sp³-hybridized carbons (Fsp3) is 0.500. The molecule has 1 heterocycles. The molecule has 18 heavy (non-hydrogen) atoms. The molecule has 0 bridgehead atoms. The second-order valence-corrected chi connectivity index (χ2v) is 4.85. The van der Waals surface area contributed by atoms with Crippen LogP contribution in [0.1, 0.15) is 24.8 Å². The van der Waals surface area contributed by atoms with Crippen molar-refractivity contribution in [3.05, 3.63) is 35.9 Å². The van der Waals surface area contributed by atoms with Gasteiger partial charge in [0.2, 0.25) is 0 Å². The molecule has 1 atom stereocenters. The number of rotatable bonds is 3. The average molecular weight is 268 g/mol. The Morgan fingerprint density at radius 1 is 1.33 bits per heavy atom. The van der Waals surface area contributed by atoms with Gasteiger partial charge in [-0.25, -0.2) is 4.79 Å². The van der Waals surface area contributed by atoms with Crippen LogP contribution in [0.25, 0.3) is 0 Å². The number of piperidine rings is 1. The van der Waals surface area contributed by atoms with Crippen LogP contribution in [0.5, 0.6) is 0 Å². The molecule has 1 aromatic rings. The fourth-order valence-electron chi connectivity index (χ4n) is 2.20. The molecule has 2 rings (SSSR count). The highest BCUT2D eigenvalue weighted by atomic mass is 35.5. The zero-order valence-electron chi connectivity index (χ0n) is 10.3. The maximum absolute atomic E-state index is 12.0. The molecule has 1 unspecified atom stereocenters. The molecule has 1 aliphatic heterocycles. The van der Waals surface area contributed by atoms with Crippen molar-refractivity contribution in [2.45, 2.75) is 31.9 Å². The third kappa shape index (κ3) is 3.39. The van der Waals surface area contributed by atoms with Gasteiger partial charge in [0.05, 0.1) is 0 Å². The molecule has 1 fully saturated rings. The van der Waals surface area contributed by atoms with E-state index in [0.717, 1.165) is 31.4 Å². The lowest BCUT2D eigenvalue weighted by Gasteiger charge is -2.33. The first-order chi connectivity index (χ1) is 8.81. The second-order valence-electron chi connectivity index (χ2n) is 4.54. The minimum absolute atomic E-state index is 0.128. The Balaban J connectivity index is 1.87. The number of ether oxygens (including phenoxy) is 1. The Bertz CT molecular complexity index is 383. The van der Waals surface area contributed by atoms with Crippen molar-refractivity contribution in [1.82, 2.24) is 4.90 Å². The maximum Gasteiger partial charge on any atom is 0.410 e. The Labute approximate surface area is 113 Å². The molecule has 1 aromatic carbocycles.